The Bertz CT molecular complexity index is 718. The first kappa shape index (κ1) is 11.7. The van der Waals surface area contributed by atoms with Crippen LogP contribution in [0.15, 0.2) is 48.7 Å². The maximum Gasteiger partial charge on any atom is 0.148 e. The van der Waals surface area contributed by atoms with E-state index < -0.39 is 0 Å². The molecule has 0 unspecified atom stereocenters. The van der Waals surface area contributed by atoms with Crippen molar-refractivity contribution in [2.45, 2.75) is 6.54 Å². The molecule has 4 nitrogen and oxygen atoms in total. The van der Waals surface area contributed by atoms with Gasteiger partial charge < -0.3 is 10.5 Å². The van der Waals surface area contributed by atoms with Gasteiger partial charge in [0.25, 0.3) is 0 Å². The van der Waals surface area contributed by atoms with Crippen molar-refractivity contribution in [1.29, 1.82) is 0 Å². The summed E-state index contributed by atoms with van der Waals surface area (Å²) in [6, 6.07) is 13.8. The summed E-state index contributed by atoms with van der Waals surface area (Å²) < 4.78 is 7.45. The molecule has 0 radical (unpaired) electrons. The zero-order valence-electron chi connectivity index (χ0n) is 10.7. The van der Waals surface area contributed by atoms with Crippen molar-refractivity contribution in [1.82, 2.24) is 9.38 Å². The van der Waals surface area contributed by atoms with Gasteiger partial charge in [0.05, 0.1) is 23.9 Å². The van der Waals surface area contributed by atoms with E-state index in [1.54, 1.807) is 7.11 Å². The predicted molar refractivity (Wildman–Crippen MR) is 75.1 cm³/mol. The average Bonchev–Trinajstić information content (AvgIpc) is 2.86. The molecule has 3 rings (SSSR count). The molecular weight excluding hydrogens is 238 g/mol. The Morgan fingerprint density at radius 1 is 1.16 bits per heavy atom. The van der Waals surface area contributed by atoms with Crippen molar-refractivity contribution in [2.24, 2.45) is 5.73 Å². The maximum atomic E-state index is 5.77. The molecule has 2 aromatic heterocycles. The highest BCUT2D eigenvalue weighted by molar-refractivity contribution is 5.70. The second-order valence-electron chi connectivity index (χ2n) is 4.24. The Kier molecular flexibility index (Phi) is 2.93. The molecule has 0 saturated heterocycles. The van der Waals surface area contributed by atoms with Gasteiger partial charge in [-0.2, -0.15) is 0 Å². The van der Waals surface area contributed by atoms with E-state index in [1.165, 1.54) is 0 Å². The largest absolute Gasteiger partial charge is 0.496 e. The maximum absolute atomic E-state index is 5.77. The Balaban J connectivity index is 2.31. The summed E-state index contributed by atoms with van der Waals surface area (Å²) >= 11 is 0. The van der Waals surface area contributed by atoms with Gasteiger partial charge in [0, 0.05) is 12.7 Å². The average molecular weight is 253 g/mol. The molecule has 4 heteroatoms. The summed E-state index contributed by atoms with van der Waals surface area (Å²) in [5.41, 5.74) is 8.66. The first-order valence-corrected chi connectivity index (χ1v) is 6.14. The fourth-order valence-corrected chi connectivity index (χ4v) is 2.27. The molecule has 19 heavy (non-hydrogen) atoms. The van der Waals surface area contributed by atoms with Gasteiger partial charge >= 0.3 is 0 Å². The minimum Gasteiger partial charge on any atom is -0.496 e. The molecule has 0 saturated carbocycles. The number of nitrogens with zero attached hydrogens (tertiary/aromatic N) is 2. The van der Waals surface area contributed by atoms with E-state index in [1.807, 2.05) is 53.1 Å². The third-order valence-electron chi connectivity index (χ3n) is 3.17. The normalized spacial score (nSPS) is 10.8. The van der Waals surface area contributed by atoms with Crippen LogP contribution in [0.3, 0.4) is 0 Å². The van der Waals surface area contributed by atoms with Crippen LogP contribution < -0.4 is 10.5 Å². The SMILES string of the molecule is COc1ccccc1-c1nc(CN)c2ccccn12. The van der Waals surface area contributed by atoms with Crippen molar-refractivity contribution >= 4 is 5.52 Å². The van der Waals surface area contributed by atoms with Gasteiger partial charge in [-0.25, -0.2) is 4.98 Å². The molecule has 0 aliphatic carbocycles. The molecule has 1 aromatic carbocycles. The first-order valence-electron chi connectivity index (χ1n) is 6.14. The highest BCUT2D eigenvalue weighted by Gasteiger charge is 2.14. The number of methoxy groups -OCH3 is 1. The number of imidazole rings is 1. The molecule has 0 aliphatic rings. The number of fused-ring (bicyclic) bond motifs is 1. The van der Waals surface area contributed by atoms with Crippen LogP contribution in [0, 0.1) is 0 Å². The minimum atomic E-state index is 0.419. The van der Waals surface area contributed by atoms with Crippen molar-refractivity contribution in [3.8, 4) is 17.1 Å². The van der Waals surface area contributed by atoms with Gasteiger partial charge in [-0.3, -0.25) is 4.40 Å². The molecule has 2 heterocycles. The van der Waals surface area contributed by atoms with Crippen LogP contribution in [-0.2, 0) is 6.54 Å². The standard InChI is InChI=1S/C15H15N3O/c1-19-14-8-3-2-6-11(14)15-17-12(10-16)13-7-4-5-9-18(13)15/h2-9H,10,16H2,1H3. The molecule has 0 spiro atoms. The van der Waals surface area contributed by atoms with Gasteiger partial charge in [0.15, 0.2) is 0 Å². The fourth-order valence-electron chi connectivity index (χ4n) is 2.27. The van der Waals surface area contributed by atoms with Crippen molar-refractivity contribution < 1.29 is 4.74 Å². The van der Waals surface area contributed by atoms with Gasteiger partial charge in [-0.05, 0) is 24.3 Å². The number of pyridine rings is 1. The van der Waals surface area contributed by atoms with Crippen LogP contribution in [0.25, 0.3) is 16.9 Å². The van der Waals surface area contributed by atoms with Gasteiger partial charge in [-0.1, -0.05) is 18.2 Å². The summed E-state index contributed by atoms with van der Waals surface area (Å²) in [5, 5.41) is 0. The second kappa shape index (κ2) is 4.74. The summed E-state index contributed by atoms with van der Waals surface area (Å²) in [7, 11) is 1.67. The van der Waals surface area contributed by atoms with Gasteiger partial charge in [0.1, 0.15) is 11.6 Å². The number of benzene rings is 1. The highest BCUT2D eigenvalue weighted by Crippen LogP contribution is 2.30. The lowest BCUT2D eigenvalue weighted by molar-refractivity contribution is 0.416. The molecule has 0 amide bonds. The number of hydrogen-bond acceptors (Lipinski definition) is 3. The summed E-state index contributed by atoms with van der Waals surface area (Å²) in [6.07, 6.45) is 1.99. The lowest BCUT2D eigenvalue weighted by atomic mass is 10.2. The molecule has 2 N–H and O–H groups in total. The van der Waals surface area contributed by atoms with Gasteiger partial charge in [0.2, 0.25) is 0 Å². The molecule has 0 aliphatic heterocycles. The second-order valence-corrected chi connectivity index (χ2v) is 4.24. The molecule has 0 fully saturated rings. The van der Waals surface area contributed by atoms with Crippen LogP contribution in [0.4, 0.5) is 0 Å². The lowest BCUT2D eigenvalue weighted by Crippen LogP contribution is -1.96. The third-order valence-corrected chi connectivity index (χ3v) is 3.17. The monoisotopic (exact) mass is 253 g/mol. The molecule has 3 aromatic rings. The Morgan fingerprint density at radius 2 is 1.95 bits per heavy atom. The van der Waals surface area contributed by atoms with E-state index in [-0.39, 0.29) is 0 Å². The topological polar surface area (TPSA) is 52.5 Å². The van der Waals surface area contributed by atoms with E-state index in [0.717, 1.165) is 28.3 Å². The van der Waals surface area contributed by atoms with Gasteiger partial charge in [-0.15, -0.1) is 0 Å². The number of aromatic nitrogens is 2. The number of hydrogen-bond donors (Lipinski definition) is 1. The molecule has 0 atom stereocenters. The van der Waals surface area contributed by atoms with E-state index in [9.17, 15) is 0 Å². The molecule has 96 valence electrons. The summed E-state index contributed by atoms with van der Waals surface area (Å²) in [5.74, 6) is 1.66. The predicted octanol–water partition coefficient (Wildman–Crippen LogP) is 2.47. The number of ether oxygens (including phenoxy) is 1. The van der Waals surface area contributed by atoms with E-state index >= 15 is 0 Å². The number of para-hydroxylation sites is 1. The van der Waals surface area contributed by atoms with Crippen LogP contribution in [0.5, 0.6) is 5.75 Å². The first-order chi connectivity index (χ1) is 9.35. The Hall–Kier alpha value is -2.33. The van der Waals surface area contributed by atoms with E-state index in [4.69, 9.17) is 10.5 Å². The van der Waals surface area contributed by atoms with E-state index in [0.29, 0.717) is 6.54 Å². The van der Waals surface area contributed by atoms with Crippen molar-refractivity contribution in [3.05, 3.63) is 54.4 Å². The quantitative estimate of drug-likeness (QED) is 0.780. The fraction of sp³-hybridized carbons (Fsp3) is 0.133. The zero-order chi connectivity index (χ0) is 13.2. The zero-order valence-corrected chi connectivity index (χ0v) is 10.7. The number of rotatable bonds is 3. The third kappa shape index (κ3) is 1.86. The highest BCUT2D eigenvalue weighted by atomic mass is 16.5. The summed E-state index contributed by atoms with van der Waals surface area (Å²) in [6.45, 7) is 0.419. The number of nitrogens with two attached hydrogens (primary N) is 1. The Labute approximate surface area is 111 Å². The van der Waals surface area contributed by atoms with E-state index in [2.05, 4.69) is 4.98 Å². The minimum absolute atomic E-state index is 0.419. The summed E-state index contributed by atoms with van der Waals surface area (Å²) in [4.78, 5) is 4.64. The van der Waals surface area contributed by atoms with Crippen LogP contribution in [-0.4, -0.2) is 16.5 Å². The van der Waals surface area contributed by atoms with Crippen molar-refractivity contribution in [3.63, 3.8) is 0 Å². The lowest BCUT2D eigenvalue weighted by Gasteiger charge is -2.06. The molecule has 0 bridgehead atoms. The van der Waals surface area contributed by atoms with Crippen molar-refractivity contribution in [2.75, 3.05) is 7.11 Å². The van der Waals surface area contributed by atoms with Crippen LogP contribution >= 0.6 is 0 Å². The van der Waals surface area contributed by atoms with Crippen LogP contribution in [0.2, 0.25) is 0 Å². The smallest absolute Gasteiger partial charge is 0.148 e. The van der Waals surface area contributed by atoms with Crippen LogP contribution in [0.1, 0.15) is 5.69 Å². The Morgan fingerprint density at radius 3 is 2.74 bits per heavy atom. The molecular formula is C15H15N3O.